The van der Waals surface area contributed by atoms with Crippen molar-refractivity contribution in [1.29, 1.82) is 0 Å². The van der Waals surface area contributed by atoms with Crippen molar-refractivity contribution in [3.05, 3.63) is 95.0 Å². The van der Waals surface area contributed by atoms with Crippen LogP contribution in [0.1, 0.15) is 33.3 Å². The van der Waals surface area contributed by atoms with Crippen LogP contribution < -0.4 is 4.90 Å². The van der Waals surface area contributed by atoms with Gasteiger partial charge in [0.05, 0.1) is 16.3 Å². The van der Waals surface area contributed by atoms with Crippen molar-refractivity contribution in [2.45, 2.75) is 19.9 Å². The molecule has 6 nitrogen and oxygen atoms in total. The van der Waals surface area contributed by atoms with Crippen molar-refractivity contribution in [3.63, 3.8) is 0 Å². The molecule has 0 bridgehead atoms. The largest absolute Gasteiger partial charge is 0.453 e. The minimum absolute atomic E-state index is 0.00733. The lowest BCUT2D eigenvalue weighted by atomic mass is 9.88. The first-order chi connectivity index (χ1) is 17.3. The highest BCUT2D eigenvalue weighted by atomic mass is 32.1. The molecule has 5 aromatic rings. The van der Waals surface area contributed by atoms with E-state index >= 15 is 0 Å². The summed E-state index contributed by atoms with van der Waals surface area (Å²) in [7, 11) is 0. The Hall–Kier alpha value is -4.17. The summed E-state index contributed by atoms with van der Waals surface area (Å²) in [6.45, 7) is 3.90. The number of carbonyl (C=O) groups excluding carboxylic acids is 3. The zero-order valence-corrected chi connectivity index (χ0v) is 20.1. The Bertz CT molecular complexity index is 1670. The summed E-state index contributed by atoms with van der Waals surface area (Å²) in [6.07, 6.45) is 0. The van der Waals surface area contributed by atoms with E-state index in [2.05, 4.69) is 4.98 Å². The molecule has 1 aliphatic rings. The molecule has 1 amide bonds. The van der Waals surface area contributed by atoms with Crippen molar-refractivity contribution in [1.82, 2.24) is 4.98 Å². The summed E-state index contributed by atoms with van der Waals surface area (Å²) in [5.74, 6) is -4.11. The number of para-hydroxylation sites is 1. The molecule has 1 aliphatic heterocycles. The van der Waals surface area contributed by atoms with Crippen LogP contribution in [0.4, 0.5) is 9.52 Å². The molecule has 0 spiro atoms. The Morgan fingerprint density at radius 3 is 2.53 bits per heavy atom. The van der Waals surface area contributed by atoms with Crippen LogP contribution in [0.3, 0.4) is 0 Å². The number of amides is 1. The number of carbonyl (C=O) groups is 3. The number of benzene rings is 3. The summed E-state index contributed by atoms with van der Waals surface area (Å²) in [5.41, 5.74) is 3.68. The van der Waals surface area contributed by atoms with Gasteiger partial charge in [0.15, 0.2) is 10.9 Å². The molecule has 2 atom stereocenters. The van der Waals surface area contributed by atoms with Gasteiger partial charge in [-0.05, 0) is 60.9 Å². The fourth-order valence-electron chi connectivity index (χ4n) is 4.86. The lowest BCUT2D eigenvalue weighted by Crippen LogP contribution is -2.30. The lowest BCUT2D eigenvalue weighted by molar-refractivity contribution is -0.135. The first-order valence-electron chi connectivity index (χ1n) is 11.4. The third-order valence-electron chi connectivity index (χ3n) is 6.49. The molecule has 178 valence electrons. The number of aryl methyl sites for hydroxylation is 2. The average Bonchev–Trinajstić information content (AvgIpc) is 3.54. The normalized spacial score (nSPS) is 18.0. The van der Waals surface area contributed by atoms with Crippen LogP contribution in [0.2, 0.25) is 0 Å². The molecule has 3 heterocycles. The van der Waals surface area contributed by atoms with Gasteiger partial charge in [0, 0.05) is 5.39 Å². The Kier molecular flexibility index (Phi) is 5.08. The molecule has 0 radical (unpaired) electrons. The van der Waals surface area contributed by atoms with E-state index in [9.17, 15) is 18.8 Å². The zero-order chi connectivity index (χ0) is 25.1. The number of fused-ring (bicyclic) bond motifs is 2. The van der Waals surface area contributed by atoms with Crippen LogP contribution in [0.25, 0.3) is 21.2 Å². The van der Waals surface area contributed by atoms with Gasteiger partial charge in [0.2, 0.25) is 11.6 Å². The molecular formula is C28H19FN2O4S. The van der Waals surface area contributed by atoms with Crippen LogP contribution >= 0.6 is 11.3 Å². The van der Waals surface area contributed by atoms with Gasteiger partial charge in [-0.25, -0.2) is 9.37 Å². The number of rotatable bonds is 4. The topological polar surface area (TPSA) is 80.5 Å². The second-order valence-corrected chi connectivity index (χ2v) is 9.96. The van der Waals surface area contributed by atoms with Gasteiger partial charge < -0.3 is 4.42 Å². The van der Waals surface area contributed by atoms with Crippen molar-refractivity contribution < 1.29 is 23.2 Å². The fourth-order valence-corrected chi connectivity index (χ4v) is 6.04. The molecule has 1 saturated heterocycles. The van der Waals surface area contributed by atoms with Crippen LogP contribution in [0.5, 0.6) is 0 Å². The van der Waals surface area contributed by atoms with E-state index in [1.165, 1.54) is 40.5 Å². The summed E-state index contributed by atoms with van der Waals surface area (Å²) >= 11 is 1.28. The number of halogens is 1. The molecule has 2 unspecified atom stereocenters. The van der Waals surface area contributed by atoms with Gasteiger partial charge in [-0.3, -0.25) is 19.3 Å². The Morgan fingerprint density at radius 1 is 1.03 bits per heavy atom. The number of hydrogen-bond donors (Lipinski definition) is 0. The molecule has 36 heavy (non-hydrogen) atoms. The highest BCUT2D eigenvalue weighted by molar-refractivity contribution is 7.22. The van der Waals surface area contributed by atoms with Gasteiger partial charge in [-0.1, -0.05) is 47.7 Å². The van der Waals surface area contributed by atoms with Gasteiger partial charge >= 0.3 is 0 Å². The zero-order valence-electron chi connectivity index (χ0n) is 19.3. The lowest BCUT2D eigenvalue weighted by Gasteiger charge is -2.24. The van der Waals surface area contributed by atoms with Gasteiger partial charge in [0.25, 0.3) is 5.91 Å². The number of hydrogen-bond acceptors (Lipinski definition) is 6. The Balaban J connectivity index is 1.51. The minimum Gasteiger partial charge on any atom is -0.453 e. The molecule has 0 N–H and O–H groups in total. The number of ketones is 2. The number of nitrogens with zero attached hydrogens (tertiary/aromatic N) is 2. The Labute approximate surface area is 209 Å². The van der Waals surface area contributed by atoms with E-state index in [-0.39, 0.29) is 5.76 Å². The summed E-state index contributed by atoms with van der Waals surface area (Å²) in [4.78, 5) is 46.4. The molecule has 6 rings (SSSR count). The molecule has 1 fully saturated rings. The van der Waals surface area contributed by atoms with Crippen LogP contribution in [0, 0.1) is 25.6 Å². The van der Waals surface area contributed by atoms with Crippen molar-refractivity contribution in [3.8, 4) is 0 Å². The van der Waals surface area contributed by atoms with Crippen molar-refractivity contribution >= 4 is 55.1 Å². The third kappa shape index (κ3) is 3.45. The van der Waals surface area contributed by atoms with E-state index < -0.39 is 35.3 Å². The summed E-state index contributed by atoms with van der Waals surface area (Å²) < 4.78 is 20.4. The SMILES string of the molecule is Cc1cc(C)c2nc(N3C(=O)C(=O)C(C(=O)c4cc5ccccc5o4)C3c3ccc(F)cc3)sc2c1. The molecular weight excluding hydrogens is 479 g/mol. The van der Waals surface area contributed by atoms with Crippen LogP contribution in [-0.2, 0) is 9.59 Å². The monoisotopic (exact) mass is 498 g/mol. The maximum Gasteiger partial charge on any atom is 0.297 e. The van der Waals surface area contributed by atoms with E-state index in [1.807, 2.05) is 32.0 Å². The Morgan fingerprint density at radius 2 is 1.78 bits per heavy atom. The van der Waals surface area contributed by atoms with Gasteiger partial charge in [-0.15, -0.1) is 0 Å². The predicted molar refractivity (Wildman–Crippen MR) is 135 cm³/mol. The van der Waals surface area contributed by atoms with E-state index in [0.29, 0.717) is 21.7 Å². The number of Topliss-reactive ketones (excluding diaryl/α,β-unsaturated/α-hetero) is 2. The summed E-state index contributed by atoms with van der Waals surface area (Å²) in [5, 5.41) is 1.02. The van der Waals surface area contributed by atoms with E-state index in [4.69, 9.17) is 4.42 Å². The molecule has 8 heteroatoms. The second-order valence-electron chi connectivity index (χ2n) is 8.95. The molecule has 3 aromatic carbocycles. The molecule has 2 aromatic heterocycles. The fraction of sp³-hybridized carbons (Fsp3) is 0.143. The maximum absolute atomic E-state index is 13.8. The average molecular weight is 499 g/mol. The summed E-state index contributed by atoms with van der Waals surface area (Å²) in [6, 6.07) is 17.1. The first-order valence-corrected chi connectivity index (χ1v) is 12.2. The smallest absolute Gasteiger partial charge is 0.297 e. The number of furan rings is 1. The third-order valence-corrected chi connectivity index (χ3v) is 7.49. The number of anilines is 1. The standard InChI is InChI=1S/C28H19FN2O4S/c1-14-11-15(2)23-21(12-14)36-28(30-23)31-24(16-7-9-18(29)10-8-16)22(26(33)27(31)34)25(32)20-13-17-5-3-4-6-19(17)35-20/h3-13,22,24H,1-2H3. The van der Waals surface area contributed by atoms with Gasteiger partial charge in [-0.2, -0.15) is 0 Å². The quantitative estimate of drug-likeness (QED) is 0.174. The van der Waals surface area contributed by atoms with Crippen molar-refractivity contribution in [2.75, 3.05) is 4.90 Å². The predicted octanol–water partition coefficient (Wildman–Crippen LogP) is 5.95. The maximum atomic E-state index is 13.8. The highest BCUT2D eigenvalue weighted by Gasteiger charge is 2.54. The highest BCUT2D eigenvalue weighted by Crippen LogP contribution is 2.44. The first kappa shape index (κ1) is 22.3. The molecule has 0 aliphatic carbocycles. The van der Waals surface area contributed by atoms with Gasteiger partial charge in [0.1, 0.15) is 17.3 Å². The van der Waals surface area contributed by atoms with E-state index in [1.54, 1.807) is 24.3 Å². The van der Waals surface area contributed by atoms with Crippen LogP contribution in [0.15, 0.2) is 71.1 Å². The molecule has 0 saturated carbocycles. The van der Waals surface area contributed by atoms with Crippen LogP contribution in [-0.4, -0.2) is 22.5 Å². The van der Waals surface area contributed by atoms with Crippen molar-refractivity contribution in [2.24, 2.45) is 5.92 Å². The second kappa shape index (κ2) is 8.20. The van der Waals surface area contributed by atoms with E-state index in [0.717, 1.165) is 21.3 Å². The number of aromatic nitrogens is 1. The minimum atomic E-state index is -1.36. The number of thiazole rings is 1.